The van der Waals surface area contributed by atoms with Crippen LogP contribution in [0.5, 0.6) is 0 Å². The number of benzene rings is 1. The summed E-state index contributed by atoms with van der Waals surface area (Å²) in [5.41, 5.74) is 1.38. The quantitative estimate of drug-likeness (QED) is 0.852. The lowest BCUT2D eigenvalue weighted by Crippen LogP contribution is -2.43. The molecule has 1 N–H and O–H groups in total. The van der Waals surface area contributed by atoms with E-state index >= 15 is 0 Å². The van der Waals surface area contributed by atoms with E-state index < -0.39 is 0 Å². The average Bonchev–Trinajstić information content (AvgIpc) is 2.86. The third kappa shape index (κ3) is 3.56. The molecule has 3 nitrogen and oxygen atoms in total. The first-order valence-electron chi connectivity index (χ1n) is 7.33. The fraction of sp³-hybridized carbons (Fsp3) is 0.625. The van der Waals surface area contributed by atoms with Crippen LogP contribution in [0.15, 0.2) is 30.3 Å². The van der Waals surface area contributed by atoms with Crippen LogP contribution in [-0.2, 0) is 4.74 Å². The molecule has 3 unspecified atom stereocenters. The maximum atomic E-state index is 5.71. The topological polar surface area (TPSA) is 24.5 Å². The maximum absolute atomic E-state index is 5.71. The summed E-state index contributed by atoms with van der Waals surface area (Å²) in [5.74, 6) is 0. The summed E-state index contributed by atoms with van der Waals surface area (Å²) in [4.78, 5) is 2.48. The van der Waals surface area contributed by atoms with Gasteiger partial charge in [0.25, 0.3) is 0 Å². The Morgan fingerprint density at radius 2 is 2.11 bits per heavy atom. The number of nitrogens with one attached hydrogen (secondary N) is 1. The minimum atomic E-state index is 0.331. The zero-order valence-corrected chi connectivity index (χ0v) is 12.3. The van der Waals surface area contributed by atoms with E-state index in [4.69, 9.17) is 4.74 Å². The van der Waals surface area contributed by atoms with Crippen molar-refractivity contribution in [2.75, 3.05) is 26.7 Å². The Kier molecular flexibility index (Phi) is 5.37. The van der Waals surface area contributed by atoms with Crippen LogP contribution in [0.4, 0.5) is 0 Å². The molecule has 1 aliphatic rings. The Hall–Kier alpha value is -0.900. The van der Waals surface area contributed by atoms with Crippen LogP contribution >= 0.6 is 0 Å². The summed E-state index contributed by atoms with van der Waals surface area (Å²) >= 11 is 0. The molecule has 1 aromatic carbocycles. The number of hydrogen-bond donors (Lipinski definition) is 1. The Labute approximate surface area is 116 Å². The Bertz CT molecular complexity index is 368. The van der Waals surface area contributed by atoms with Crippen molar-refractivity contribution < 1.29 is 4.74 Å². The van der Waals surface area contributed by atoms with Gasteiger partial charge in [0, 0.05) is 25.2 Å². The largest absolute Gasteiger partial charge is 0.377 e. The zero-order chi connectivity index (χ0) is 13.7. The van der Waals surface area contributed by atoms with Crippen LogP contribution in [0.25, 0.3) is 0 Å². The predicted molar refractivity (Wildman–Crippen MR) is 79.3 cm³/mol. The molecular weight excluding hydrogens is 236 g/mol. The van der Waals surface area contributed by atoms with Gasteiger partial charge in [0.05, 0.1) is 6.10 Å². The third-order valence-electron chi connectivity index (χ3n) is 4.12. The third-order valence-corrected chi connectivity index (χ3v) is 4.12. The molecule has 1 fully saturated rings. The van der Waals surface area contributed by atoms with Crippen molar-refractivity contribution in [2.45, 2.75) is 38.5 Å². The van der Waals surface area contributed by atoms with Crippen LogP contribution in [0.3, 0.4) is 0 Å². The Morgan fingerprint density at radius 3 is 2.68 bits per heavy atom. The first-order valence-corrected chi connectivity index (χ1v) is 7.33. The van der Waals surface area contributed by atoms with Crippen LogP contribution < -0.4 is 5.32 Å². The summed E-state index contributed by atoms with van der Waals surface area (Å²) in [6.45, 7) is 7.22. The first-order chi connectivity index (χ1) is 9.24. The molecule has 1 aromatic rings. The van der Waals surface area contributed by atoms with Crippen molar-refractivity contribution in [3.63, 3.8) is 0 Å². The highest BCUT2D eigenvalue weighted by Crippen LogP contribution is 2.27. The fourth-order valence-electron chi connectivity index (χ4n) is 2.94. The molecule has 2 rings (SSSR count). The summed E-state index contributed by atoms with van der Waals surface area (Å²) in [6, 6.07) is 11.7. The van der Waals surface area contributed by atoms with Gasteiger partial charge in [0.2, 0.25) is 0 Å². The lowest BCUT2D eigenvalue weighted by molar-refractivity contribution is 0.0670. The van der Waals surface area contributed by atoms with Crippen LogP contribution in [0.1, 0.15) is 31.9 Å². The molecule has 0 spiro atoms. The van der Waals surface area contributed by atoms with Crippen LogP contribution in [-0.4, -0.2) is 43.8 Å². The molecule has 1 aliphatic heterocycles. The summed E-state index contributed by atoms with van der Waals surface area (Å²) in [6.07, 6.45) is 1.46. The van der Waals surface area contributed by atoms with Crippen LogP contribution in [0.2, 0.25) is 0 Å². The van der Waals surface area contributed by atoms with E-state index in [1.54, 1.807) is 0 Å². The lowest BCUT2D eigenvalue weighted by atomic mass is 10.0. The molecule has 0 amide bonds. The van der Waals surface area contributed by atoms with Crippen molar-refractivity contribution in [3.8, 4) is 0 Å². The number of likely N-dealkylation sites (N-methyl/N-ethyl adjacent to an activating group) is 2. The Balaban J connectivity index is 2.12. The van der Waals surface area contributed by atoms with Gasteiger partial charge in [-0.1, -0.05) is 37.3 Å². The van der Waals surface area contributed by atoms with Crippen molar-refractivity contribution >= 4 is 0 Å². The number of hydrogen-bond acceptors (Lipinski definition) is 3. The predicted octanol–water partition coefficient (Wildman–Crippen LogP) is 2.45. The normalized spacial score (nSPS) is 24.8. The van der Waals surface area contributed by atoms with E-state index in [2.05, 4.69) is 61.4 Å². The van der Waals surface area contributed by atoms with Crippen molar-refractivity contribution in [1.29, 1.82) is 0 Å². The van der Waals surface area contributed by atoms with E-state index in [1.807, 2.05) is 0 Å². The van der Waals surface area contributed by atoms with Crippen LogP contribution in [0, 0.1) is 0 Å². The van der Waals surface area contributed by atoms with Gasteiger partial charge < -0.3 is 10.1 Å². The molecule has 0 aliphatic carbocycles. The van der Waals surface area contributed by atoms with Gasteiger partial charge in [-0.3, -0.25) is 4.90 Å². The van der Waals surface area contributed by atoms with E-state index in [-0.39, 0.29) is 0 Å². The molecule has 3 atom stereocenters. The average molecular weight is 262 g/mol. The van der Waals surface area contributed by atoms with Gasteiger partial charge in [-0.05, 0) is 32.5 Å². The van der Waals surface area contributed by atoms with Gasteiger partial charge in [0.15, 0.2) is 0 Å². The van der Waals surface area contributed by atoms with Gasteiger partial charge in [-0.15, -0.1) is 0 Å². The van der Waals surface area contributed by atoms with Gasteiger partial charge in [-0.25, -0.2) is 0 Å². The van der Waals surface area contributed by atoms with Crippen molar-refractivity contribution in [2.24, 2.45) is 0 Å². The SMILES string of the molecule is CCNCC(c1ccccc1)N(C)C1CCOC1C. The molecule has 3 heteroatoms. The molecule has 1 heterocycles. The second-order valence-corrected chi connectivity index (χ2v) is 5.33. The summed E-state index contributed by atoms with van der Waals surface area (Å²) in [5, 5.41) is 3.48. The molecule has 0 radical (unpaired) electrons. The van der Waals surface area contributed by atoms with Gasteiger partial charge >= 0.3 is 0 Å². The summed E-state index contributed by atoms with van der Waals surface area (Å²) < 4.78 is 5.71. The molecular formula is C16H26N2O. The first kappa shape index (κ1) is 14.5. The highest BCUT2D eigenvalue weighted by molar-refractivity contribution is 5.19. The second-order valence-electron chi connectivity index (χ2n) is 5.33. The van der Waals surface area contributed by atoms with Gasteiger partial charge in [0.1, 0.15) is 0 Å². The highest BCUT2D eigenvalue weighted by atomic mass is 16.5. The zero-order valence-electron chi connectivity index (χ0n) is 12.3. The van der Waals surface area contributed by atoms with E-state index in [0.29, 0.717) is 18.2 Å². The molecule has 0 aromatic heterocycles. The highest BCUT2D eigenvalue weighted by Gasteiger charge is 2.32. The summed E-state index contributed by atoms with van der Waals surface area (Å²) in [7, 11) is 2.23. The minimum absolute atomic E-state index is 0.331. The molecule has 0 saturated carbocycles. The fourth-order valence-corrected chi connectivity index (χ4v) is 2.94. The van der Waals surface area contributed by atoms with E-state index in [9.17, 15) is 0 Å². The Morgan fingerprint density at radius 1 is 1.37 bits per heavy atom. The number of ether oxygens (including phenoxy) is 1. The van der Waals surface area contributed by atoms with E-state index in [1.165, 1.54) is 5.56 Å². The number of nitrogens with zero attached hydrogens (tertiary/aromatic N) is 1. The lowest BCUT2D eigenvalue weighted by Gasteiger charge is -2.35. The molecule has 19 heavy (non-hydrogen) atoms. The maximum Gasteiger partial charge on any atom is 0.0703 e. The molecule has 1 saturated heterocycles. The van der Waals surface area contributed by atoms with E-state index in [0.717, 1.165) is 26.1 Å². The van der Waals surface area contributed by atoms with Gasteiger partial charge in [-0.2, -0.15) is 0 Å². The molecule has 0 bridgehead atoms. The molecule has 106 valence electrons. The number of rotatable bonds is 6. The smallest absolute Gasteiger partial charge is 0.0703 e. The van der Waals surface area contributed by atoms with Crippen molar-refractivity contribution in [3.05, 3.63) is 35.9 Å². The van der Waals surface area contributed by atoms with Crippen molar-refractivity contribution in [1.82, 2.24) is 10.2 Å². The monoisotopic (exact) mass is 262 g/mol. The standard InChI is InChI=1S/C16H26N2O/c1-4-17-12-16(14-8-6-5-7-9-14)18(3)15-10-11-19-13(15)2/h5-9,13,15-17H,4,10-12H2,1-3H3. The minimum Gasteiger partial charge on any atom is -0.377 e. The second kappa shape index (κ2) is 7.04.